The van der Waals surface area contributed by atoms with Crippen molar-refractivity contribution in [2.75, 3.05) is 6.61 Å². The third-order valence-corrected chi connectivity index (χ3v) is 3.05. The number of carbonyl (C=O) groups excluding carboxylic acids is 1. The van der Waals surface area contributed by atoms with E-state index in [-0.39, 0.29) is 5.92 Å². The third kappa shape index (κ3) is 11.7. The van der Waals surface area contributed by atoms with Gasteiger partial charge in [0.2, 0.25) is 0 Å². The molecule has 1 N–H and O–H groups in total. The molecule has 0 aromatic rings. The van der Waals surface area contributed by atoms with Crippen LogP contribution in [0.3, 0.4) is 0 Å². The molecular formula is C14H28O2. The van der Waals surface area contributed by atoms with Gasteiger partial charge in [0, 0.05) is 12.5 Å². The van der Waals surface area contributed by atoms with Crippen molar-refractivity contribution >= 4 is 6.29 Å². The van der Waals surface area contributed by atoms with Gasteiger partial charge in [0.05, 0.1) is 0 Å². The summed E-state index contributed by atoms with van der Waals surface area (Å²) in [5.74, 6) is 0.249. The van der Waals surface area contributed by atoms with E-state index in [0.717, 1.165) is 19.1 Å². The highest BCUT2D eigenvalue weighted by atomic mass is 16.2. The maximum Gasteiger partial charge on any atom is 0.122 e. The van der Waals surface area contributed by atoms with Crippen molar-refractivity contribution in [2.24, 2.45) is 5.92 Å². The minimum atomic E-state index is 0.249. The van der Waals surface area contributed by atoms with Crippen LogP contribution in [-0.4, -0.2) is 18.0 Å². The summed E-state index contributed by atoms with van der Waals surface area (Å²) in [4.78, 5) is 10.4. The van der Waals surface area contributed by atoms with Crippen LogP contribution in [0.15, 0.2) is 0 Å². The van der Waals surface area contributed by atoms with Crippen molar-refractivity contribution in [3.63, 3.8) is 0 Å². The Hall–Kier alpha value is -0.370. The Kier molecular flexibility index (Phi) is 12.4. The molecule has 0 spiro atoms. The lowest BCUT2D eigenvalue weighted by molar-refractivity contribution is -0.110. The maximum absolute atomic E-state index is 10.4. The number of hydrogen-bond donors (Lipinski definition) is 1. The first-order valence-corrected chi connectivity index (χ1v) is 6.87. The lowest BCUT2D eigenvalue weighted by Crippen LogP contribution is -1.94. The number of aliphatic hydroxyl groups excluding tert-OH is 1. The van der Waals surface area contributed by atoms with Crippen molar-refractivity contribution in [3.8, 4) is 0 Å². The molecule has 0 aliphatic carbocycles. The molecule has 2 nitrogen and oxygen atoms in total. The van der Waals surface area contributed by atoms with E-state index in [1.54, 1.807) is 0 Å². The topological polar surface area (TPSA) is 37.3 Å². The highest BCUT2D eigenvalue weighted by Crippen LogP contribution is 2.12. The molecule has 0 rings (SSSR count). The first-order valence-electron chi connectivity index (χ1n) is 6.87. The number of aliphatic hydroxyl groups is 1. The van der Waals surface area contributed by atoms with Crippen LogP contribution < -0.4 is 0 Å². The molecule has 0 radical (unpaired) electrons. The van der Waals surface area contributed by atoms with E-state index >= 15 is 0 Å². The number of rotatable bonds is 12. The zero-order valence-corrected chi connectivity index (χ0v) is 10.8. The van der Waals surface area contributed by atoms with Gasteiger partial charge in [0.25, 0.3) is 0 Å². The van der Waals surface area contributed by atoms with Crippen LogP contribution in [0.25, 0.3) is 0 Å². The van der Waals surface area contributed by atoms with Gasteiger partial charge < -0.3 is 9.90 Å². The van der Waals surface area contributed by atoms with E-state index < -0.39 is 0 Å². The predicted octanol–water partition coefficient (Wildman–Crippen LogP) is 3.71. The van der Waals surface area contributed by atoms with E-state index in [9.17, 15) is 4.79 Å². The Morgan fingerprint density at radius 1 is 0.875 bits per heavy atom. The van der Waals surface area contributed by atoms with Crippen molar-refractivity contribution in [3.05, 3.63) is 0 Å². The van der Waals surface area contributed by atoms with Crippen molar-refractivity contribution in [1.82, 2.24) is 0 Å². The summed E-state index contributed by atoms with van der Waals surface area (Å²) in [6, 6.07) is 0. The highest BCUT2D eigenvalue weighted by Gasteiger charge is 1.98. The average Bonchev–Trinajstić information content (AvgIpc) is 2.31. The molecular weight excluding hydrogens is 200 g/mol. The molecule has 1 unspecified atom stereocenters. The van der Waals surface area contributed by atoms with Crippen LogP contribution in [-0.2, 0) is 4.79 Å². The first-order chi connectivity index (χ1) is 7.81. The zero-order chi connectivity index (χ0) is 12.1. The van der Waals surface area contributed by atoms with Crippen LogP contribution >= 0.6 is 0 Å². The number of carbonyl (C=O) groups is 1. The Labute approximate surface area is 100 Å². The molecule has 0 aliphatic rings. The van der Waals surface area contributed by atoms with Crippen LogP contribution in [0.5, 0.6) is 0 Å². The Morgan fingerprint density at radius 2 is 1.31 bits per heavy atom. The third-order valence-electron chi connectivity index (χ3n) is 3.05. The van der Waals surface area contributed by atoms with Gasteiger partial charge in [-0.05, 0) is 12.8 Å². The summed E-state index contributed by atoms with van der Waals surface area (Å²) in [5.41, 5.74) is 0. The SMILES string of the molecule is CC(C=O)CCCCCCCCCCCO. The molecule has 0 fully saturated rings. The van der Waals surface area contributed by atoms with E-state index in [1.165, 1.54) is 51.4 Å². The summed E-state index contributed by atoms with van der Waals surface area (Å²) < 4.78 is 0. The largest absolute Gasteiger partial charge is 0.396 e. The molecule has 96 valence electrons. The summed E-state index contributed by atoms with van der Waals surface area (Å²) >= 11 is 0. The fourth-order valence-corrected chi connectivity index (χ4v) is 1.88. The predicted molar refractivity (Wildman–Crippen MR) is 68.5 cm³/mol. The van der Waals surface area contributed by atoms with Crippen LogP contribution in [0.4, 0.5) is 0 Å². The maximum atomic E-state index is 10.4. The van der Waals surface area contributed by atoms with Gasteiger partial charge in [-0.25, -0.2) is 0 Å². The van der Waals surface area contributed by atoms with Crippen molar-refractivity contribution < 1.29 is 9.90 Å². The van der Waals surface area contributed by atoms with Crippen molar-refractivity contribution in [1.29, 1.82) is 0 Å². The minimum Gasteiger partial charge on any atom is -0.396 e. The Balaban J connectivity index is 2.96. The zero-order valence-electron chi connectivity index (χ0n) is 10.8. The molecule has 0 aromatic heterocycles. The molecule has 0 saturated carbocycles. The number of unbranched alkanes of at least 4 members (excludes halogenated alkanes) is 8. The van der Waals surface area contributed by atoms with E-state index in [2.05, 4.69) is 0 Å². The normalized spacial score (nSPS) is 12.6. The van der Waals surface area contributed by atoms with Gasteiger partial charge in [-0.1, -0.05) is 58.3 Å². The minimum absolute atomic E-state index is 0.249. The van der Waals surface area contributed by atoms with Crippen molar-refractivity contribution in [2.45, 2.75) is 71.1 Å². The molecule has 2 heteroatoms. The number of aldehydes is 1. The Morgan fingerprint density at radius 3 is 1.75 bits per heavy atom. The lowest BCUT2D eigenvalue weighted by atomic mass is 10.0. The second kappa shape index (κ2) is 12.7. The summed E-state index contributed by atoms with van der Waals surface area (Å²) in [6.07, 6.45) is 13.3. The van der Waals surface area contributed by atoms with E-state index in [4.69, 9.17) is 5.11 Å². The first kappa shape index (κ1) is 15.6. The van der Waals surface area contributed by atoms with Gasteiger partial charge in [0.15, 0.2) is 0 Å². The van der Waals surface area contributed by atoms with E-state index in [0.29, 0.717) is 6.61 Å². The lowest BCUT2D eigenvalue weighted by Gasteiger charge is -2.03. The van der Waals surface area contributed by atoms with Gasteiger partial charge in [-0.2, -0.15) is 0 Å². The summed E-state index contributed by atoms with van der Waals surface area (Å²) in [6.45, 7) is 2.34. The number of hydrogen-bond acceptors (Lipinski definition) is 2. The fraction of sp³-hybridized carbons (Fsp3) is 0.929. The standard InChI is InChI=1S/C14H28O2/c1-14(13-16)11-9-7-5-3-2-4-6-8-10-12-15/h13-15H,2-12H2,1H3. The Bertz CT molecular complexity index is 146. The average molecular weight is 228 g/mol. The molecule has 0 bridgehead atoms. The molecule has 0 aromatic carbocycles. The quantitative estimate of drug-likeness (QED) is 0.408. The van der Waals surface area contributed by atoms with Crippen LogP contribution in [0.2, 0.25) is 0 Å². The fourth-order valence-electron chi connectivity index (χ4n) is 1.88. The molecule has 0 aliphatic heterocycles. The molecule has 0 heterocycles. The smallest absolute Gasteiger partial charge is 0.122 e. The summed E-state index contributed by atoms with van der Waals surface area (Å²) in [7, 11) is 0. The van der Waals surface area contributed by atoms with Crippen LogP contribution in [0.1, 0.15) is 71.1 Å². The molecule has 0 amide bonds. The monoisotopic (exact) mass is 228 g/mol. The van der Waals surface area contributed by atoms with Gasteiger partial charge in [0.1, 0.15) is 6.29 Å². The van der Waals surface area contributed by atoms with E-state index in [1.807, 2.05) is 6.92 Å². The highest BCUT2D eigenvalue weighted by molar-refractivity contribution is 5.52. The molecule has 0 saturated heterocycles. The van der Waals surface area contributed by atoms with Gasteiger partial charge in [-0.15, -0.1) is 0 Å². The summed E-state index contributed by atoms with van der Waals surface area (Å²) in [5, 5.41) is 8.61. The molecule has 1 atom stereocenters. The van der Waals surface area contributed by atoms with Crippen LogP contribution in [0, 0.1) is 5.92 Å². The second-order valence-corrected chi connectivity index (χ2v) is 4.81. The molecule has 16 heavy (non-hydrogen) atoms. The van der Waals surface area contributed by atoms with Gasteiger partial charge >= 0.3 is 0 Å². The second-order valence-electron chi connectivity index (χ2n) is 4.81. The van der Waals surface area contributed by atoms with Gasteiger partial charge in [-0.3, -0.25) is 0 Å².